The van der Waals surface area contributed by atoms with E-state index in [9.17, 15) is 13.2 Å². The Kier molecular flexibility index (Phi) is 4.39. The van der Waals surface area contributed by atoms with Gasteiger partial charge in [0.2, 0.25) is 10.0 Å². The number of piperidine rings is 1. The fourth-order valence-electron chi connectivity index (χ4n) is 3.00. The van der Waals surface area contributed by atoms with Gasteiger partial charge in [0.25, 0.3) is 0 Å². The van der Waals surface area contributed by atoms with Crippen molar-refractivity contribution < 1.29 is 18.3 Å². The van der Waals surface area contributed by atoms with E-state index in [0.717, 1.165) is 19.3 Å². The maximum atomic E-state index is 12.9. The van der Waals surface area contributed by atoms with Crippen molar-refractivity contribution in [2.75, 3.05) is 0 Å². The summed E-state index contributed by atoms with van der Waals surface area (Å²) in [4.78, 5) is 11.2. The molecule has 1 N–H and O–H groups in total. The molecule has 1 aromatic carbocycles. The van der Waals surface area contributed by atoms with Gasteiger partial charge in [0, 0.05) is 12.1 Å². The van der Waals surface area contributed by atoms with Gasteiger partial charge in [0.1, 0.15) is 0 Å². The molecule has 2 unspecified atom stereocenters. The van der Waals surface area contributed by atoms with Crippen LogP contribution in [0.4, 0.5) is 0 Å². The number of benzene rings is 1. The molecule has 1 heterocycles. The Morgan fingerprint density at radius 2 is 1.81 bits per heavy atom. The summed E-state index contributed by atoms with van der Waals surface area (Å²) in [5, 5.41) is 9.07. The summed E-state index contributed by atoms with van der Waals surface area (Å²) in [6, 6.07) is 4.12. The largest absolute Gasteiger partial charge is 0.478 e. The Bertz CT molecular complexity index is 644. The Balaban J connectivity index is 2.53. The first-order chi connectivity index (χ1) is 9.75. The van der Waals surface area contributed by atoms with Crippen molar-refractivity contribution in [1.82, 2.24) is 4.31 Å². The second-order valence-electron chi connectivity index (χ2n) is 5.75. The van der Waals surface area contributed by atoms with E-state index in [4.69, 9.17) is 5.11 Å². The molecule has 0 aromatic heterocycles. The van der Waals surface area contributed by atoms with Crippen LogP contribution in [0.2, 0.25) is 0 Å². The first kappa shape index (κ1) is 16.0. The van der Waals surface area contributed by atoms with Gasteiger partial charge in [0.15, 0.2) is 0 Å². The zero-order chi connectivity index (χ0) is 15.8. The highest BCUT2D eigenvalue weighted by Gasteiger charge is 2.36. The molecule has 2 rings (SSSR count). The monoisotopic (exact) mass is 311 g/mol. The number of rotatable bonds is 3. The van der Waals surface area contributed by atoms with Crippen molar-refractivity contribution >= 4 is 16.0 Å². The van der Waals surface area contributed by atoms with Crippen molar-refractivity contribution in [2.24, 2.45) is 0 Å². The summed E-state index contributed by atoms with van der Waals surface area (Å²) in [5.41, 5.74) is 0.571. The fraction of sp³-hybridized carbons (Fsp3) is 0.533. The molecule has 0 amide bonds. The number of nitrogens with zero attached hydrogens (tertiary/aromatic N) is 1. The van der Waals surface area contributed by atoms with Crippen LogP contribution in [0.1, 0.15) is 49.0 Å². The average Bonchev–Trinajstić information content (AvgIpc) is 2.38. The molecule has 2 atom stereocenters. The summed E-state index contributed by atoms with van der Waals surface area (Å²) in [6.07, 6.45) is 2.69. The quantitative estimate of drug-likeness (QED) is 0.931. The highest BCUT2D eigenvalue weighted by Crippen LogP contribution is 2.31. The molecule has 1 aliphatic rings. The van der Waals surface area contributed by atoms with Gasteiger partial charge in [-0.15, -0.1) is 0 Å². The smallest absolute Gasteiger partial charge is 0.335 e. The lowest BCUT2D eigenvalue weighted by molar-refractivity contribution is 0.0696. The molecule has 0 aliphatic carbocycles. The Morgan fingerprint density at radius 1 is 1.24 bits per heavy atom. The van der Waals surface area contributed by atoms with E-state index in [1.54, 1.807) is 13.0 Å². The lowest BCUT2D eigenvalue weighted by Gasteiger charge is -2.38. The molecule has 0 radical (unpaired) electrons. The number of aromatic carboxylic acids is 1. The minimum atomic E-state index is -3.68. The van der Waals surface area contributed by atoms with Gasteiger partial charge >= 0.3 is 5.97 Å². The molecular formula is C15H21NO4S. The van der Waals surface area contributed by atoms with E-state index in [1.165, 1.54) is 16.4 Å². The van der Waals surface area contributed by atoms with E-state index in [-0.39, 0.29) is 22.5 Å². The van der Waals surface area contributed by atoms with Crippen LogP contribution in [0.15, 0.2) is 23.1 Å². The SMILES string of the molecule is Cc1ccc(C(=O)O)cc1S(=O)(=O)N1C(C)CCCC1C. The van der Waals surface area contributed by atoms with Gasteiger partial charge in [-0.2, -0.15) is 4.31 Å². The molecular weight excluding hydrogens is 290 g/mol. The van der Waals surface area contributed by atoms with Crippen molar-refractivity contribution in [3.63, 3.8) is 0 Å². The van der Waals surface area contributed by atoms with E-state index in [0.29, 0.717) is 5.56 Å². The van der Waals surface area contributed by atoms with E-state index in [1.807, 2.05) is 13.8 Å². The highest BCUT2D eigenvalue weighted by molar-refractivity contribution is 7.89. The highest BCUT2D eigenvalue weighted by atomic mass is 32.2. The number of sulfonamides is 1. The normalized spacial score (nSPS) is 24.0. The number of carbonyl (C=O) groups is 1. The molecule has 1 aliphatic heterocycles. The third-order valence-corrected chi connectivity index (χ3v) is 6.37. The van der Waals surface area contributed by atoms with Crippen LogP contribution in [0.25, 0.3) is 0 Å². The number of hydrogen-bond acceptors (Lipinski definition) is 3. The van der Waals surface area contributed by atoms with Gasteiger partial charge in [-0.05, 0) is 51.3 Å². The van der Waals surface area contributed by atoms with Crippen LogP contribution in [0, 0.1) is 6.92 Å². The lowest BCUT2D eigenvalue weighted by Crippen LogP contribution is -2.47. The van der Waals surface area contributed by atoms with E-state index >= 15 is 0 Å². The van der Waals surface area contributed by atoms with Crippen LogP contribution in [-0.2, 0) is 10.0 Å². The lowest BCUT2D eigenvalue weighted by atomic mass is 10.0. The molecule has 5 nitrogen and oxygen atoms in total. The number of hydrogen-bond donors (Lipinski definition) is 1. The summed E-state index contributed by atoms with van der Waals surface area (Å²) >= 11 is 0. The molecule has 1 saturated heterocycles. The summed E-state index contributed by atoms with van der Waals surface area (Å²) in [5.74, 6) is -1.12. The predicted octanol–water partition coefficient (Wildman–Crippen LogP) is 2.64. The second kappa shape index (κ2) is 5.77. The van der Waals surface area contributed by atoms with Gasteiger partial charge in [-0.1, -0.05) is 12.5 Å². The van der Waals surface area contributed by atoms with Gasteiger partial charge in [-0.25, -0.2) is 13.2 Å². The first-order valence-corrected chi connectivity index (χ1v) is 8.56. The van der Waals surface area contributed by atoms with Crippen molar-refractivity contribution in [1.29, 1.82) is 0 Å². The fourth-order valence-corrected chi connectivity index (χ4v) is 5.13. The standard InChI is InChI=1S/C15H21NO4S/c1-10-7-8-13(15(17)18)9-14(10)21(19,20)16-11(2)5-4-6-12(16)3/h7-9,11-12H,4-6H2,1-3H3,(H,17,18). The number of carboxylic acids is 1. The van der Waals surface area contributed by atoms with Gasteiger partial charge in [-0.3, -0.25) is 0 Å². The number of aryl methyl sites for hydroxylation is 1. The van der Waals surface area contributed by atoms with Crippen LogP contribution in [-0.4, -0.2) is 35.9 Å². The van der Waals surface area contributed by atoms with E-state index < -0.39 is 16.0 Å². The van der Waals surface area contributed by atoms with Gasteiger partial charge in [0.05, 0.1) is 10.5 Å². The molecule has 6 heteroatoms. The molecule has 0 bridgehead atoms. The van der Waals surface area contributed by atoms with Crippen LogP contribution in [0.3, 0.4) is 0 Å². The molecule has 116 valence electrons. The van der Waals surface area contributed by atoms with Crippen molar-refractivity contribution in [2.45, 2.75) is 57.0 Å². The van der Waals surface area contributed by atoms with E-state index in [2.05, 4.69) is 0 Å². The Morgan fingerprint density at radius 3 is 2.33 bits per heavy atom. The summed E-state index contributed by atoms with van der Waals surface area (Å²) < 4.78 is 27.4. The Labute approximate surface area is 125 Å². The van der Waals surface area contributed by atoms with Crippen molar-refractivity contribution in [3.8, 4) is 0 Å². The second-order valence-corrected chi connectivity index (χ2v) is 7.56. The summed E-state index contributed by atoms with van der Waals surface area (Å²) in [7, 11) is -3.68. The third kappa shape index (κ3) is 2.96. The maximum absolute atomic E-state index is 12.9. The number of carboxylic acid groups (broad SMARTS) is 1. The molecule has 0 saturated carbocycles. The summed E-state index contributed by atoms with van der Waals surface area (Å²) in [6.45, 7) is 5.50. The third-order valence-electron chi connectivity index (χ3n) is 4.10. The zero-order valence-corrected chi connectivity index (χ0v) is 13.4. The van der Waals surface area contributed by atoms with Crippen LogP contribution >= 0.6 is 0 Å². The molecule has 0 spiro atoms. The topological polar surface area (TPSA) is 74.7 Å². The molecule has 21 heavy (non-hydrogen) atoms. The minimum absolute atomic E-state index is 0.00325. The van der Waals surface area contributed by atoms with Gasteiger partial charge < -0.3 is 5.11 Å². The minimum Gasteiger partial charge on any atom is -0.478 e. The van der Waals surface area contributed by atoms with Crippen LogP contribution in [0.5, 0.6) is 0 Å². The maximum Gasteiger partial charge on any atom is 0.335 e. The Hall–Kier alpha value is -1.40. The molecule has 1 fully saturated rings. The van der Waals surface area contributed by atoms with Crippen LogP contribution < -0.4 is 0 Å². The average molecular weight is 311 g/mol. The zero-order valence-electron chi connectivity index (χ0n) is 12.5. The van der Waals surface area contributed by atoms with Crippen molar-refractivity contribution in [3.05, 3.63) is 29.3 Å². The predicted molar refractivity (Wildman–Crippen MR) is 79.9 cm³/mol. The molecule has 1 aromatic rings. The first-order valence-electron chi connectivity index (χ1n) is 7.12.